The Morgan fingerprint density at radius 3 is 2.67 bits per heavy atom. The molecule has 0 spiro atoms. The van der Waals surface area contributed by atoms with E-state index in [1.54, 1.807) is 0 Å². The van der Waals surface area contributed by atoms with Crippen LogP contribution in [0.2, 0.25) is 0 Å². The Morgan fingerprint density at radius 1 is 1.29 bits per heavy atom. The van der Waals surface area contributed by atoms with Crippen LogP contribution in [0.15, 0.2) is 24.3 Å². The Bertz CT molecular complexity index is 488. The molecule has 1 aliphatic heterocycles. The number of carbonyl (C=O) groups excluding carboxylic acids is 1. The summed E-state index contributed by atoms with van der Waals surface area (Å²) in [5.41, 5.74) is 1.87. The van der Waals surface area contributed by atoms with Gasteiger partial charge in [0.2, 0.25) is 0 Å². The summed E-state index contributed by atoms with van der Waals surface area (Å²) < 4.78 is 0. The zero-order valence-electron chi connectivity index (χ0n) is 13.4. The number of rotatable bonds is 3. The van der Waals surface area contributed by atoms with Crippen LogP contribution in [-0.2, 0) is 5.41 Å². The standard InChI is InChI=1S/C18H27NO2/c1-18(2,3)16-10-5-4-9-15(16)17(21)19-12-7-6-8-14(19)11-13-20/h4-5,9-10,14,20H,6-8,11-13H2,1-3H3. The molecule has 1 aromatic rings. The molecule has 1 saturated heterocycles. The maximum absolute atomic E-state index is 13.0. The molecule has 1 heterocycles. The molecule has 1 aromatic carbocycles. The van der Waals surface area contributed by atoms with Crippen molar-refractivity contribution in [3.8, 4) is 0 Å². The molecule has 0 bridgehead atoms. The number of likely N-dealkylation sites (tertiary alicyclic amines) is 1. The topological polar surface area (TPSA) is 40.5 Å². The fraction of sp³-hybridized carbons (Fsp3) is 0.611. The fourth-order valence-electron chi connectivity index (χ4n) is 3.20. The lowest BCUT2D eigenvalue weighted by Crippen LogP contribution is -2.44. The Labute approximate surface area is 128 Å². The van der Waals surface area contributed by atoms with Gasteiger partial charge in [0.25, 0.3) is 5.91 Å². The fourth-order valence-corrected chi connectivity index (χ4v) is 3.20. The van der Waals surface area contributed by atoms with Crippen molar-refractivity contribution in [1.82, 2.24) is 4.90 Å². The molecule has 116 valence electrons. The van der Waals surface area contributed by atoms with E-state index in [0.29, 0.717) is 6.42 Å². The molecule has 1 amide bonds. The molecule has 0 aliphatic carbocycles. The Kier molecular flexibility index (Phi) is 5.04. The van der Waals surface area contributed by atoms with E-state index in [-0.39, 0.29) is 24.0 Å². The van der Waals surface area contributed by atoms with Crippen LogP contribution < -0.4 is 0 Å². The van der Waals surface area contributed by atoms with Gasteiger partial charge < -0.3 is 10.0 Å². The zero-order chi connectivity index (χ0) is 15.5. The minimum absolute atomic E-state index is 0.0471. The highest BCUT2D eigenvalue weighted by Gasteiger charge is 2.30. The average Bonchev–Trinajstić information content (AvgIpc) is 2.46. The highest BCUT2D eigenvalue weighted by molar-refractivity contribution is 5.96. The van der Waals surface area contributed by atoms with Crippen LogP contribution in [0.4, 0.5) is 0 Å². The summed E-state index contributed by atoms with van der Waals surface area (Å²) in [6.07, 6.45) is 3.90. The number of hydrogen-bond acceptors (Lipinski definition) is 2. The number of carbonyl (C=O) groups is 1. The lowest BCUT2D eigenvalue weighted by atomic mass is 9.83. The highest BCUT2D eigenvalue weighted by Crippen LogP contribution is 2.29. The van der Waals surface area contributed by atoms with Gasteiger partial charge in [-0.25, -0.2) is 0 Å². The van der Waals surface area contributed by atoms with Gasteiger partial charge in [-0.1, -0.05) is 39.0 Å². The summed E-state index contributed by atoms with van der Waals surface area (Å²) in [7, 11) is 0. The number of aliphatic hydroxyl groups excluding tert-OH is 1. The van der Waals surface area contributed by atoms with Gasteiger partial charge in [-0.3, -0.25) is 4.79 Å². The largest absolute Gasteiger partial charge is 0.396 e. The molecule has 1 unspecified atom stereocenters. The molecular formula is C18H27NO2. The minimum Gasteiger partial charge on any atom is -0.396 e. The van der Waals surface area contributed by atoms with Gasteiger partial charge >= 0.3 is 0 Å². The number of piperidine rings is 1. The van der Waals surface area contributed by atoms with E-state index >= 15 is 0 Å². The predicted molar refractivity (Wildman–Crippen MR) is 85.5 cm³/mol. The van der Waals surface area contributed by atoms with E-state index in [0.717, 1.165) is 36.9 Å². The molecule has 0 saturated carbocycles. The lowest BCUT2D eigenvalue weighted by Gasteiger charge is -2.36. The van der Waals surface area contributed by atoms with Crippen molar-refractivity contribution in [2.45, 2.75) is 57.9 Å². The van der Waals surface area contributed by atoms with Crippen molar-refractivity contribution < 1.29 is 9.90 Å². The van der Waals surface area contributed by atoms with Crippen LogP contribution in [-0.4, -0.2) is 35.1 Å². The number of nitrogens with zero attached hydrogens (tertiary/aromatic N) is 1. The van der Waals surface area contributed by atoms with Crippen LogP contribution in [0.3, 0.4) is 0 Å². The molecule has 1 aliphatic rings. The lowest BCUT2D eigenvalue weighted by molar-refractivity contribution is 0.0572. The zero-order valence-corrected chi connectivity index (χ0v) is 13.4. The Hall–Kier alpha value is -1.35. The summed E-state index contributed by atoms with van der Waals surface area (Å²) >= 11 is 0. The normalized spacial score (nSPS) is 19.6. The monoisotopic (exact) mass is 289 g/mol. The first kappa shape index (κ1) is 16.0. The molecule has 1 fully saturated rings. The number of amides is 1. The van der Waals surface area contributed by atoms with Crippen molar-refractivity contribution in [3.05, 3.63) is 35.4 Å². The molecule has 0 aromatic heterocycles. The van der Waals surface area contributed by atoms with E-state index in [4.69, 9.17) is 0 Å². The van der Waals surface area contributed by atoms with Gasteiger partial charge in [-0.05, 0) is 42.7 Å². The Morgan fingerprint density at radius 2 is 2.00 bits per heavy atom. The van der Waals surface area contributed by atoms with Gasteiger partial charge in [0.15, 0.2) is 0 Å². The molecule has 2 rings (SSSR count). The van der Waals surface area contributed by atoms with Crippen molar-refractivity contribution in [1.29, 1.82) is 0 Å². The van der Waals surface area contributed by atoms with E-state index < -0.39 is 0 Å². The quantitative estimate of drug-likeness (QED) is 0.927. The maximum Gasteiger partial charge on any atom is 0.254 e. The molecule has 0 radical (unpaired) electrons. The number of aliphatic hydroxyl groups is 1. The van der Waals surface area contributed by atoms with Crippen molar-refractivity contribution in [2.75, 3.05) is 13.2 Å². The van der Waals surface area contributed by atoms with Gasteiger partial charge in [0.1, 0.15) is 0 Å². The molecule has 21 heavy (non-hydrogen) atoms. The molecule has 3 nitrogen and oxygen atoms in total. The SMILES string of the molecule is CC(C)(C)c1ccccc1C(=O)N1CCCCC1CCO. The van der Waals surface area contributed by atoms with E-state index in [9.17, 15) is 9.90 Å². The summed E-state index contributed by atoms with van der Waals surface area (Å²) in [6.45, 7) is 7.37. The third-order valence-corrected chi connectivity index (χ3v) is 4.32. The second kappa shape index (κ2) is 6.61. The highest BCUT2D eigenvalue weighted by atomic mass is 16.3. The third kappa shape index (κ3) is 3.65. The summed E-state index contributed by atoms with van der Waals surface area (Å²) in [6, 6.07) is 8.11. The summed E-state index contributed by atoms with van der Waals surface area (Å²) in [4.78, 5) is 15.0. The van der Waals surface area contributed by atoms with Gasteiger partial charge in [-0.15, -0.1) is 0 Å². The molecular weight excluding hydrogens is 262 g/mol. The summed E-state index contributed by atoms with van der Waals surface area (Å²) in [5, 5.41) is 9.23. The molecule has 1 atom stereocenters. The maximum atomic E-state index is 13.0. The van der Waals surface area contributed by atoms with Gasteiger partial charge in [0.05, 0.1) is 0 Å². The van der Waals surface area contributed by atoms with Crippen LogP contribution in [0.1, 0.15) is 62.4 Å². The average molecular weight is 289 g/mol. The Balaban J connectivity index is 2.31. The van der Waals surface area contributed by atoms with E-state index in [1.165, 1.54) is 0 Å². The van der Waals surface area contributed by atoms with Crippen LogP contribution in [0.5, 0.6) is 0 Å². The number of hydrogen-bond donors (Lipinski definition) is 1. The van der Waals surface area contributed by atoms with Crippen LogP contribution >= 0.6 is 0 Å². The first-order chi connectivity index (χ1) is 9.95. The predicted octanol–water partition coefficient (Wildman–Crippen LogP) is 3.36. The molecule has 1 N–H and O–H groups in total. The van der Waals surface area contributed by atoms with Crippen molar-refractivity contribution >= 4 is 5.91 Å². The molecule has 3 heteroatoms. The van der Waals surface area contributed by atoms with E-state index in [2.05, 4.69) is 26.8 Å². The smallest absolute Gasteiger partial charge is 0.254 e. The number of benzene rings is 1. The third-order valence-electron chi connectivity index (χ3n) is 4.32. The second-order valence-corrected chi connectivity index (χ2v) is 6.96. The van der Waals surface area contributed by atoms with Gasteiger partial charge in [-0.2, -0.15) is 0 Å². The van der Waals surface area contributed by atoms with E-state index in [1.807, 2.05) is 23.1 Å². The van der Waals surface area contributed by atoms with Gasteiger partial charge in [0, 0.05) is 24.8 Å². The van der Waals surface area contributed by atoms with Crippen LogP contribution in [0, 0.1) is 0 Å². The minimum atomic E-state index is -0.0471. The second-order valence-electron chi connectivity index (χ2n) is 6.96. The first-order valence-electron chi connectivity index (χ1n) is 7.96. The van der Waals surface area contributed by atoms with Crippen molar-refractivity contribution in [2.24, 2.45) is 0 Å². The summed E-state index contributed by atoms with van der Waals surface area (Å²) in [5.74, 6) is 0.124. The van der Waals surface area contributed by atoms with Crippen molar-refractivity contribution in [3.63, 3.8) is 0 Å². The van der Waals surface area contributed by atoms with Crippen LogP contribution in [0.25, 0.3) is 0 Å². The first-order valence-corrected chi connectivity index (χ1v) is 7.96.